The molecule has 0 spiro atoms. The van der Waals surface area contributed by atoms with Gasteiger partial charge in [0, 0.05) is 35.6 Å². The SMILES string of the molecule is CC1(C2CC2)CN(Cc2ccc(Cl)s2)C(C)(C)CN1. The molecular weight excluding hydrogens is 276 g/mol. The van der Waals surface area contributed by atoms with Gasteiger partial charge >= 0.3 is 0 Å². The molecule has 106 valence electrons. The molecule has 3 rings (SSSR count). The van der Waals surface area contributed by atoms with E-state index in [4.69, 9.17) is 11.6 Å². The van der Waals surface area contributed by atoms with E-state index in [9.17, 15) is 0 Å². The summed E-state index contributed by atoms with van der Waals surface area (Å²) in [6, 6.07) is 4.18. The Hall–Kier alpha value is -0.0900. The van der Waals surface area contributed by atoms with Gasteiger partial charge in [0.25, 0.3) is 0 Å². The quantitative estimate of drug-likeness (QED) is 0.914. The first-order chi connectivity index (χ1) is 8.89. The zero-order chi connectivity index (χ0) is 13.7. The Bertz CT molecular complexity index is 466. The summed E-state index contributed by atoms with van der Waals surface area (Å²) in [6.45, 7) is 10.3. The Morgan fingerprint density at radius 3 is 2.68 bits per heavy atom. The monoisotopic (exact) mass is 298 g/mol. The number of halogens is 1. The number of nitrogens with one attached hydrogen (secondary N) is 1. The molecular formula is C15H23ClN2S. The molecule has 4 heteroatoms. The first kappa shape index (κ1) is 13.9. The van der Waals surface area contributed by atoms with Crippen molar-refractivity contribution < 1.29 is 0 Å². The molecule has 1 aliphatic heterocycles. The molecule has 1 aliphatic carbocycles. The van der Waals surface area contributed by atoms with Crippen LogP contribution in [0.1, 0.15) is 38.5 Å². The minimum atomic E-state index is 0.213. The van der Waals surface area contributed by atoms with Gasteiger partial charge in [-0.3, -0.25) is 4.90 Å². The van der Waals surface area contributed by atoms with Crippen LogP contribution in [0.15, 0.2) is 12.1 Å². The maximum absolute atomic E-state index is 6.05. The van der Waals surface area contributed by atoms with E-state index in [2.05, 4.69) is 37.1 Å². The Morgan fingerprint density at radius 1 is 1.37 bits per heavy atom. The van der Waals surface area contributed by atoms with Crippen molar-refractivity contribution in [2.45, 2.75) is 51.2 Å². The summed E-state index contributed by atoms with van der Waals surface area (Å²) < 4.78 is 0.896. The molecule has 2 aliphatic rings. The first-order valence-corrected chi connectivity index (χ1v) is 8.33. The maximum Gasteiger partial charge on any atom is 0.0931 e. The van der Waals surface area contributed by atoms with Crippen molar-refractivity contribution in [1.82, 2.24) is 10.2 Å². The smallest absolute Gasteiger partial charge is 0.0931 e. The zero-order valence-corrected chi connectivity index (χ0v) is 13.6. The maximum atomic E-state index is 6.05. The predicted octanol–water partition coefficient (Wildman–Crippen LogP) is 3.75. The van der Waals surface area contributed by atoms with E-state index in [-0.39, 0.29) is 5.54 Å². The molecule has 1 saturated carbocycles. The molecule has 1 aromatic rings. The van der Waals surface area contributed by atoms with E-state index >= 15 is 0 Å². The van der Waals surface area contributed by atoms with Crippen molar-refractivity contribution >= 4 is 22.9 Å². The molecule has 2 nitrogen and oxygen atoms in total. The second kappa shape index (κ2) is 4.73. The molecule has 1 unspecified atom stereocenters. The van der Waals surface area contributed by atoms with Crippen molar-refractivity contribution in [2.24, 2.45) is 5.92 Å². The molecule has 2 fully saturated rings. The van der Waals surface area contributed by atoms with Crippen LogP contribution >= 0.6 is 22.9 Å². The van der Waals surface area contributed by atoms with E-state index < -0.39 is 0 Å². The fraction of sp³-hybridized carbons (Fsp3) is 0.733. The molecule has 0 amide bonds. The molecule has 1 aromatic heterocycles. The van der Waals surface area contributed by atoms with Crippen LogP contribution in [0, 0.1) is 5.92 Å². The van der Waals surface area contributed by atoms with E-state index in [1.54, 1.807) is 11.3 Å². The summed E-state index contributed by atoms with van der Waals surface area (Å²) in [7, 11) is 0. The lowest BCUT2D eigenvalue weighted by molar-refractivity contribution is 0.0186. The van der Waals surface area contributed by atoms with E-state index in [1.165, 1.54) is 17.7 Å². The minimum absolute atomic E-state index is 0.213. The second-order valence-corrected chi connectivity index (χ2v) is 8.72. The first-order valence-electron chi connectivity index (χ1n) is 7.13. The van der Waals surface area contributed by atoms with Gasteiger partial charge in [-0.05, 0) is 51.7 Å². The summed E-state index contributed by atoms with van der Waals surface area (Å²) in [4.78, 5) is 4.00. The highest BCUT2D eigenvalue weighted by Crippen LogP contribution is 2.43. The van der Waals surface area contributed by atoms with Crippen molar-refractivity contribution in [3.8, 4) is 0 Å². The zero-order valence-electron chi connectivity index (χ0n) is 12.0. The highest BCUT2D eigenvalue weighted by molar-refractivity contribution is 7.16. The lowest BCUT2D eigenvalue weighted by Gasteiger charge is -2.51. The topological polar surface area (TPSA) is 15.3 Å². The standard InChI is InChI=1S/C15H23ClN2S/c1-14(2)9-17-15(3,11-4-5-11)10-18(14)8-12-6-7-13(16)19-12/h6-7,11,17H,4-5,8-10H2,1-3H3. The van der Waals surface area contributed by atoms with Crippen LogP contribution in [-0.2, 0) is 6.54 Å². The van der Waals surface area contributed by atoms with Gasteiger partial charge in [-0.25, -0.2) is 0 Å². The third-order valence-electron chi connectivity index (χ3n) is 4.75. The lowest BCUT2D eigenvalue weighted by Crippen LogP contribution is -2.67. The Labute approximate surface area is 125 Å². The second-order valence-electron chi connectivity index (χ2n) is 6.92. The van der Waals surface area contributed by atoms with Gasteiger partial charge < -0.3 is 5.32 Å². The van der Waals surface area contributed by atoms with Crippen LogP contribution in [0.2, 0.25) is 4.34 Å². The molecule has 0 aromatic carbocycles. The van der Waals surface area contributed by atoms with E-state index in [0.29, 0.717) is 5.54 Å². The summed E-state index contributed by atoms with van der Waals surface area (Å²) in [5.41, 5.74) is 0.515. The highest BCUT2D eigenvalue weighted by Gasteiger charge is 2.48. The van der Waals surface area contributed by atoms with Crippen LogP contribution in [0.3, 0.4) is 0 Å². The van der Waals surface area contributed by atoms with Gasteiger partial charge in [0.1, 0.15) is 0 Å². The van der Waals surface area contributed by atoms with Gasteiger partial charge in [0.2, 0.25) is 0 Å². The average molecular weight is 299 g/mol. The summed E-state index contributed by atoms with van der Waals surface area (Å²) in [5, 5.41) is 3.80. The fourth-order valence-corrected chi connectivity index (χ4v) is 4.19. The van der Waals surface area contributed by atoms with Crippen LogP contribution in [0.4, 0.5) is 0 Å². The minimum Gasteiger partial charge on any atom is -0.308 e. The summed E-state index contributed by atoms with van der Waals surface area (Å²) in [5.74, 6) is 0.873. The lowest BCUT2D eigenvalue weighted by atomic mass is 9.86. The van der Waals surface area contributed by atoms with Gasteiger partial charge in [0.05, 0.1) is 4.34 Å². The van der Waals surface area contributed by atoms with Gasteiger partial charge in [-0.2, -0.15) is 0 Å². The fourth-order valence-electron chi connectivity index (χ4n) is 3.09. The Balaban J connectivity index is 1.75. The van der Waals surface area contributed by atoms with Crippen LogP contribution in [0.25, 0.3) is 0 Å². The van der Waals surface area contributed by atoms with Gasteiger partial charge in [0.15, 0.2) is 0 Å². The molecule has 2 heterocycles. The molecule has 0 radical (unpaired) electrons. The summed E-state index contributed by atoms with van der Waals surface area (Å²) in [6.07, 6.45) is 2.78. The van der Waals surface area contributed by atoms with Gasteiger partial charge in [-0.1, -0.05) is 11.6 Å². The average Bonchev–Trinajstić information content (AvgIpc) is 3.11. The molecule has 1 atom stereocenters. The third-order valence-corrected chi connectivity index (χ3v) is 5.97. The Kier molecular flexibility index (Phi) is 3.45. The van der Waals surface area contributed by atoms with Crippen molar-refractivity contribution in [3.63, 3.8) is 0 Å². The van der Waals surface area contributed by atoms with E-state index in [1.807, 2.05) is 6.07 Å². The normalized spacial score (nSPS) is 31.6. The number of hydrogen-bond donors (Lipinski definition) is 1. The predicted molar refractivity (Wildman–Crippen MR) is 82.9 cm³/mol. The van der Waals surface area contributed by atoms with Crippen molar-refractivity contribution in [3.05, 3.63) is 21.3 Å². The largest absolute Gasteiger partial charge is 0.308 e. The number of piperazine rings is 1. The number of thiophene rings is 1. The molecule has 0 bridgehead atoms. The third kappa shape index (κ3) is 2.85. The molecule has 1 N–H and O–H groups in total. The molecule has 1 saturated heterocycles. The van der Waals surface area contributed by atoms with Crippen molar-refractivity contribution in [1.29, 1.82) is 0 Å². The highest BCUT2D eigenvalue weighted by atomic mass is 35.5. The Morgan fingerprint density at radius 2 is 2.11 bits per heavy atom. The number of rotatable bonds is 3. The van der Waals surface area contributed by atoms with Crippen molar-refractivity contribution in [2.75, 3.05) is 13.1 Å². The molecule has 19 heavy (non-hydrogen) atoms. The van der Waals surface area contributed by atoms with Crippen LogP contribution < -0.4 is 5.32 Å². The van der Waals surface area contributed by atoms with Crippen LogP contribution in [0.5, 0.6) is 0 Å². The summed E-state index contributed by atoms with van der Waals surface area (Å²) >= 11 is 7.76. The van der Waals surface area contributed by atoms with Gasteiger partial charge in [-0.15, -0.1) is 11.3 Å². The number of nitrogens with zero attached hydrogens (tertiary/aromatic N) is 1. The van der Waals surface area contributed by atoms with Crippen LogP contribution in [-0.4, -0.2) is 29.1 Å². The number of hydrogen-bond acceptors (Lipinski definition) is 3. The van der Waals surface area contributed by atoms with E-state index in [0.717, 1.165) is 29.9 Å².